The van der Waals surface area contributed by atoms with Gasteiger partial charge in [0, 0.05) is 16.1 Å². The zero-order valence-corrected chi connectivity index (χ0v) is 23.1. The molecule has 9 heteroatoms. The molecule has 3 rings (SSSR count). The number of carbonyl (C=O) groups is 1. The van der Waals surface area contributed by atoms with Crippen molar-refractivity contribution in [3.63, 3.8) is 0 Å². The van der Waals surface area contributed by atoms with Crippen LogP contribution in [-0.4, -0.2) is 38.7 Å². The average Bonchev–Trinajstić information content (AvgIpc) is 2.97. The summed E-state index contributed by atoms with van der Waals surface area (Å²) in [6, 6.07) is 22.2. The molecule has 3 aromatic rings. The highest BCUT2D eigenvalue weighted by atomic mass is 35.5. The summed E-state index contributed by atoms with van der Waals surface area (Å²) >= 11 is 5.94. The Labute approximate surface area is 233 Å². The Balaban J connectivity index is 1.72. The van der Waals surface area contributed by atoms with E-state index in [-0.39, 0.29) is 5.57 Å². The quantitative estimate of drug-likeness (QED) is 0.0785. The van der Waals surface area contributed by atoms with Gasteiger partial charge in [0.25, 0.3) is 0 Å². The van der Waals surface area contributed by atoms with Crippen LogP contribution in [0, 0.1) is 0 Å². The maximum Gasteiger partial charge on any atom is 0.341 e. The van der Waals surface area contributed by atoms with Crippen LogP contribution in [0.25, 0.3) is 5.57 Å². The summed E-state index contributed by atoms with van der Waals surface area (Å²) in [5.74, 6) is 0.181. The third-order valence-corrected chi connectivity index (χ3v) is 5.74. The lowest BCUT2D eigenvalue weighted by Crippen LogP contribution is -2.09. The van der Waals surface area contributed by atoms with Gasteiger partial charge in [-0.25, -0.2) is 4.79 Å². The molecule has 0 aliphatic heterocycles. The van der Waals surface area contributed by atoms with Crippen LogP contribution < -0.4 is 4.74 Å². The van der Waals surface area contributed by atoms with Crippen LogP contribution in [0.1, 0.15) is 42.2 Å². The molecule has 8 nitrogen and oxygen atoms in total. The van der Waals surface area contributed by atoms with Crippen molar-refractivity contribution in [2.75, 3.05) is 20.8 Å². The number of rotatable bonds is 13. The molecular weight excluding hydrogens is 520 g/mol. The van der Waals surface area contributed by atoms with Crippen LogP contribution in [-0.2, 0) is 30.6 Å². The van der Waals surface area contributed by atoms with E-state index < -0.39 is 12.1 Å². The molecule has 204 valence electrons. The van der Waals surface area contributed by atoms with Gasteiger partial charge in [-0.2, -0.15) is 0 Å². The maximum atomic E-state index is 12.3. The van der Waals surface area contributed by atoms with E-state index in [9.17, 15) is 4.79 Å². The van der Waals surface area contributed by atoms with E-state index in [0.29, 0.717) is 35.3 Å². The number of methoxy groups -OCH3 is 2. The SMILES string of the molecule is CCON=C(C=NOC(C)c1ccccc1C(=COC)C(=O)OC)c1ccc(OCc2ccc(Cl)cc2)cc1. The van der Waals surface area contributed by atoms with Crippen LogP contribution in [0.5, 0.6) is 5.75 Å². The molecule has 39 heavy (non-hydrogen) atoms. The number of hydrogen-bond acceptors (Lipinski definition) is 8. The Morgan fingerprint density at radius 2 is 1.72 bits per heavy atom. The highest BCUT2D eigenvalue weighted by molar-refractivity contribution is 6.38. The monoisotopic (exact) mass is 550 g/mol. The Kier molecular flexibility index (Phi) is 11.4. The Bertz CT molecular complexity index is 1300. The largest absolute Gasteiger partial charge is 0.503 e. The molecule has 1 atom stereocenters. The van der Waals surface area contributed by atoms with E-state index in [1.165, 1.54) is 26.7 Å². The molecule has 0 aromatic heterocycles. The molecule has 1 unspecified atom stereocenters. The van der Waals surface area contributed by atoms with Gasteiger partial charge >= 0.3 is 5.97 Å². The third-order valence-electron chi connectivity index (χ3n) is 5.48. The summed E-state index contributed by atoms with van der Waals surface area (Å²) in [4.78, 5) is 23.3. The highest BCUT2D eigenvalue weighted by Crippen LogP contribution is 2.28. The lowest BCUT2D eigenvalue weighted by Gasteiger charge is -2.16. The molecule has 0 N–H and O–H groups in total. The van der Waals surface area contributed by atoms with Gasteiger partial charge in [-0.15, -0.1) is 0 Å². The number of hydrogen-bond donors (Lipinski definition) is 0. The summed E-state index contributed by atoms with van der Waals surface area (Å²) < 4.78 is 15.9. The fraction of sp³-hybridized carbons (Fsp3) is 0.233. The summed E-state index contributed by atoms with van der Waals surface area (Å²) in [7, 11) is 2.78. The van der Waals surface area contributed by atoms with E-state index in [1.807, 2.05) is 80.6 Å². The Morgan fingerprint density at radius 1 is 1.00 bits per heavy atom. The van der Waals surface area contributed by atoms with Gasteiger partial charge in [0.2, 0.25) is 0 Å². The van der Waals surface area contributed by atoms with Crippen molar-refractivity contribution >= 4 is 35.1 Å². The number of nitrogens with zero attached hydrogens (tertiary/aromatic N) is 2. The van der Waals surface area contributed by atoms with Gasteiger partial charge in [-0.3, -0.25) is 0 Å². The van der Waals surface area contributed by atoms with E-state index in [1.54, 1.807) is 6.07 Å². The van der Waals surface area contributed by atoms with E-state index in [0.717, 1.165) is 16.7 Å². The molecule has 0 saturated heterocycles. The fourth-order valence-corrected chi connectivity index (χ4v) is 3.65. The third kappa shape index (κ3) is 8.61. The molecule has 3 aromatic carbocycles. The molecule has 0 saturated carbocycles. The van der Waals surface area contributed by atoms with Crippen molar-refractivity contribution in [3.05, 3.63) is 106 Å². The lowest BCUT2D eigenvalue weighted by atomic mass is 9.97. The Hall–Kier alpha value is -4.30. The van der Waals surface area contributed by atoms with Gasteiger partial charge in [0.1, 0.15) is 36.4 Å². The zero-order chi connectivity index (χ0) is 28.0. The summed E-state index contributed by atoms with van der Waals surface area (Å²) in [6.07, 6.45) is 2.32. The van der Waals surface area contributed by atoms with Crippen molar-refractivity contribution in [2.45, 2.75) is 26.6 Å². The van der Waals surface area contributed by atoms with Gasteiger partial charge in [0.05, 0.1) is 26.7 Å². The molecule has 0 radical (unpaired) electrons. The summed E-state index contributed by atoms with van der Waals surface area (Å²) in [5.41, 5.74) is 3.86. The first-order chi connectivity index (χ1) is 19.0. The van der Waals surface area contributed by atoms with Crippen LogP contribution in [0.3, 0.4) is 0 Å². The normalized spacial score (nSPS) is 12.6. The molecule has 0 aliphatic rings. The minimum atomic E-state index is -0.522. The first-order valence-electron chi connectivity index (χ1n) is 12.2. The average molecular weight is 551 g/mol. The van der Waals surface area contributed by atoms with Gasteiger partial charge in [-0.1, -0.05) is 58.3 Å². The second-order valence-corrected chi connectivity index (χ2v) is 8.60. The summed E-state index contributed by atoms with van der Waals surface area (Å²) in [6.45, 7) is 4.48. The predicted octanol–water partition coefficient (Wildman–Crippen LogP) is 6.58. The number of halogens is 1. The molecule has 0 spiro atoms. The van der Waals surface area contributed by atoms with Crippen LogP contribution in [0.4, 0.5) is 0 Å². The van der Waals surface area contributed by atoms with Crippen LogP contribution in [0.15, 0.2) is 89.4 Å². The molecule has 0 fully saturated rings. The summed E-state index contributed by atoms with van der Waals surface area (Å²) in [5, 5.41) is 9.00. The van der Waals surface area contributed by atoms with Crippen molar-refractivity contribution in [1.82, 2.24) is 0 Å². The Morgan fingerprint density at radius 3 is 2.38 bits per heavy atom. The zero-order valence-electron chi connectivity index (χ0n) is 22.3. The standard InChI is InChI=1S/C30H31ClN2O6/c1-5-38-33-29(23-12-16-25(17-13-23)37-19-22-10-14-24(31)15-11-22)18-32-39-21(2)26-8-6-7-9-27(26)28(20-35-3)30(34)36-4/h6-18,20-21H,5,19H2,1-4H3. The number of oxime groups is 2. The topological polar surface area (TPSA) is 87.9 Å². The molecule has 0 bridgehead atoms. The van der Waals surface area contributed by atoms with E-state index >= 15 is 0 Å². The maximum absolute atomic E-state index is 12.3. The minimum absolute atomic E-state index is 0.270. The first kappa shape index (κ1) is 29.3. The molecule has 0 heterocycles. The molecule has 0 amide bonds. The molecular formula is C30H31ClN2O6. The van der Waals surface area contributed by atoms with Gasteiger partial charge < -0.3 is 23.9 Å². The number of benzene rings is 3. The first-order valence-corrected chi connectivity index (χ1v) is 12.6. The highest BCUT2D eigenvalue weighted by Gasteiger charge is 2.20. The number of carbonyl (C=O) groups excluding carboxylic acids is 1. The smallest absolute Gasteiger partial charge is 0.341 e. The second kappa shape index (κ2) is 15.2. The second-order valence-electron chi connectivity index (χ2n) is 8.16. The van der Waals surface area contributed by atoms with E-state index in [4.69, 9.17) is 35.5 Å². The van der Waals surface area contributed by atoms with Crippen molar-refractivity contribution < 1.29 is 28.7 Å². The van der Waals surface area contributed by atoms with E-state index in [2.05, 4.69) is 10.3 Å². The lowest BCUT2D eigenvalue weighted by molar-refractivity contribution is -0.133. The fourth-order valence-electron chi connectivity index (χ4n) is 3.53. The van der Waals surface area contributed by atoms with Crippen molar-refractivity contribution in [3.8, 4) is 5.75 Å². The van der Waals surface area contributed by atoms with Gasteiger partial charge in [0.15, 0.2) is 0 Å². The predicted molar refractivity (Wildman–Crippen MR) is 152 cm³/mol. The van der Waals surface area contributed by atoms with Gasteiger partial charge in [-0.05, 0) is 61.4 Å². The van der Waals surface area contributed by atoms with Crippen LogP contribution >= 0.6 is 11.6 Å². The van der Waals surface area contributed by atoms with Crippen LogP contribution in [0.2, 0.25) is 5.02 Å². The van der Waals surface area contributed by atoms with Crippen molar-refractivity contribution in [2.24, 2.45) is 10.3 Å². The number of esters is 1. The molecule has 0 aliphatic carbocycles. The minimum Gasteiger partial charge on any atom is -0.503 e. The van der Waals surface area contributed by atoms with Crippen molar-refractivity contribution in [1.29, 1.82) is 0 Å². The number of ether oxygens (including phenoxy) is 3.